The molecule has 61 valence electrons. The minimum Gasteiger partial charge on any atom is -0.329 e. The van der Waals surface area contributed by atoms with Gasteiger partial charge in [-0.1, -0.05) is 0 Å². The van der Waals surface area contributed by atoms with Gasteiger partial charge in [-0.2, -0.15) is 0 Å². The van der Waals surface area contributed by atoms with Crippen LogP contribution in [-0.2, 0) is 22.4 Å². The van der Waals surface area contributed by atoms with Crippen LogP contribution in [0.2, 0.25) is 0 Å². The van der Waals surface area contributed by atoms with Crippen LogP contribution in [0.3, 0.4) is 0 Å². The van der Waals surface area contributed by atoms with E-state index in [4.69, 9.17) is 5.73 Å². The van der Waals surface area contributed by atoms with Gasteiger partial charge in [-0.15, -0.1) is 0 Å². The molecule has 0 aromatic heterocycles. The molecule has 3 nitrogen and oxygen atoms in total. The Labute approximate surface area is 72.3 Å². The van der Waals surface area contributed by atoms with Crippen molar-refractivity contribution in [3.05, 3.63) is 0 Å². The summed E-state index contributed by atoms with van der Waals surface area (Å²) in [6.45, 7) is 3.67. The third-order valence-corrected chi connectivity index (χ3v) is 0.873. The fraction of sp³-hybridized carbons (Fsp3) is 1.00. The second-order valence-electron chi connectivity index (χ2n) is 1.64. The van der Waals surface area contributed by atoms with Crippen LogP contribution in [0.15, 0.2) is 0 Å². The minimum atomic E-state index is 0. The first kappa shape index (κ1) is 12.3. The summed E-state index contributed by atoms with van der Waals surface area (Å²) in [5.41, 5.74) is 5.23. The Bertz CT molecular complexity index is 37.2. The van der Waals surface area contributed by atoms with E-state index in [1.807, 2.05) is 7.05 Å². The summed E-state index contributed by atoms with van der Waals surface area (Å²) in [4.78, 5) is 0. The van der Waals surface area contributed by atoms with Crippen molar-refractivity contribution in [2.24, 2.45) is 5.73 Å². The summed E-state index contributed by atoms with van der Waals surface area (Å²) in [6, 6.07) is 0. The summed E-state index contributed by atoms with van der Waals surface area (Å²) in [5, 5.41) is 6.17. The number of hydrogen-bond acceptors (Lipinski definition) is 3. The van der Waals surface area contributed by atoms with Crippen molar-refractivity contribution in [3.63, 3.8) is 0 Å². The molecule has 0 fully saturated rings. The van der Waals surface area contributed by atoms with Crippen molar-refractivity contribution in [2.75, 3.05) is 33.2 Å². The molecule has 0 heterocycles. The first-order valence-corrected chi connectivity index (χ1v) is 2.97. The molecule has 0 spiro atoms. The van der Waals surface area contributed by atoms with Crippen molar-refractivity contribution in [1.82, 2.24) is 10.6 Å². The Kier molecular flexibility index (Phi) is 15.6. The summed E-state index contributed by atoms with van der Waals surface area (Å²) in [6.07, 6.45) is 0. The number of nitrogens with two attached hydrogens (primary N) is 1. The van der Waals surface area contributed by atoms with Gasteiger partial charge >= 0.3 is 0 Å². The molecule has 0 saturated heterocycles. The molecule has 1 radical (unpaired) electrons. The largest absolute Gasteiger partial charge is 0.329 e. The molecular formula is C5H15AgN3. The molecule has 0 atom stereocenters. The van der Waals surface area contributed by atoms with Crippen molar-refractivity contribution >= 4 is 0 Å². The van der Waals surface area contributed by atoms with Crippen LogP contribution in [0.25, 0.3) is 0 Å². The normalized spacial score (nSPS) is 8.67. The van der Waals surface area contributed by atoms with Gasteiger partial charge < -0.3 is 16.4 Å². The van der Waals surface area contributed by atoms with Crippen LogP contribution in [0, 0.1) is 0 Å². The van der Waals surface area contributed by atoms with Gasteiger partial charge in [0.05, 0.1) is 0 Å². The van der Waals surface area contributed by atoms with Crippen molar-refractivity contribution in [3.8, 4) is 0 Å². The molecule has 0 unspecified atom stereocenters. The molecular weight excluding hydrogens is 210 g/mol. The quantitative estimate of drug-likeness (QED) is 0.405. The van der Waals surface area contributed by atoms with Gasteiger partial charge in [0.25, 0.3) is 0 Å². The Hall–Kier alpha value is 0.620. The maximum atomic E-state index is 5.23. The number of likely N-dealkylation sites (N-methyl/N-ethyl adjacent to an activating group) is 1. The van der Waals surface area contributed by atoms with Crippen LogP contribution in [0.4, 0.5) is 0 Å². The molecule has 9 heavy (non-hydrogen) atoms. The Morgan fingerprint density at radius 2 is 1.89 bits per heavy atom. The first-order valence-electron chi connectivity index (χ1n) is 2.97. The monoisotopic (exact) mass is 224 g/mol. The second kappa shape index (κ2) is 11.4. The molecule has 0 aliphatic carbocycles. The molecule has 0 aliphatic rings. The van der Waals surface area contributed by atoms with E-state index in [0.717, 1.165) is 26.2 Å². The van der Waals surface area contributed by atoms with Gasteiger partial charge in [-0.25, -0.2) is 0 Å². The van der Waals surface area contributed by atoms with E-state index in [0.29, 0.717) is 0 Å². The van der Waals surface area contributed by atoms with Gasteiger partial charge in [-0.05, 0) is 7.05 Å². The summed E-state index contributed by atoms with van der Waals surface area (Å²) >= 11 is 0. The zero-order valence-corrected chi connectivity index (χ0v) is 7.19. The fourth-order valence-electron chi connectivity index (χ4n) is 0.440. The molecule has 4 N–H and O–H groups in total. The fourth-order valence-corrected chi connectivity index (χ4v) is 0.440. The third-order valence-electron chi connectivity index (χ3n) is 0.873. The predicted molar refractivity (Wildman–Crippen MR) is 35.9 cm³/mol. The molecule has 0 aromatic carbocycles. The standard InChI is InChI=1S/C5H15N3.Ag/c1-7-4-5-8-3-2-6;/h7-8H,2-6H2,1H3;. The van der Waals surface area contributed by atoms with E-state index >= 15 is 0 Å². The van der Waals surface area contributed by atoms with Gasteiger partial charge in [0.1, 0.15) is 0 Å². The van der Waals surface area contributed by atoms with Crippen molar-refractivity contribution < 1.29 is 22.4 Å². The maximum absolute atomic E-state index is 5.23. The van der Waals surface area contributed by atoms with Crippen LogP contribution in [-0.4, -0.2) is 33.2 Å². The van der Waals surface area contributed by atoms with Gasteiger partial charge in [0, 0.05) is 48.6 Å². The van der Waals surface area contributed by atoms with E-state index < -0.39 is 0 Å². The van der Waals surface area contributed by atoms with Gasteiger partial charge in [0.2, 0.25) is 0 Å². The van der Waals surface area contributed by atoms with Crippen molar-refractivity contribution in [1.29, 1.82) is 0 Å². The van der Waals surface area contributed by atoms with Gasteiger partial charge in [-0.3, -0.25) is 0 Å². The van der Waals surface area contributed by atoms with Crippen molar-refractivity contribution in [2.45, 2.75) is 0 Å². The molecule has 0 saturated carbocycles. The second-order valence-corrected chi connectivity index (χ2v) is 1.64. The maximum Gasteiger partial charge on any atom is 0.00771 e. The molecule has 0 amide bonds. The van der Waals surface area contributed by atoms with E-state index in [2.05, 4.69) is 10.6 Å². The summed E-state index contributed by atoms with van der Waals surface area (Å²) < 4.78 is 0. The van der Waals surface area contributed by atoms with E-state index in [1.165, 1.54) is 0 Å². The van der Waals surface area contributed by atoms with E-state index in [1.54, 1.807) is 0 Å². The minimum absolute atomic E-state index is 0. The van der Waals surface area contributed by atoms with Crippen LogP contribution in [0.1, 0.15) is 0 Å². The first-order chi connectivity index (χ1) is 3.91. The van der Waals surface area contributed by atoms with Crippen LogP contribution >= 0.6 is 0 Å². The zero-order valence-electron chi connectivity index (χ0n) is 5.71. The Morgan fingerprint density at radius 3 is 2.33 bits per heavy atom. The smallest absolute Gasteiger partial charge is 0.00771 e. The Morgan fingerprint density at radius 1 is 1.22 bits per heavy atom. The third kappa shape index (κ3) is 12.0. The molecule has 0 bridgehead atoms. The average Bonchev–Trinajstić information content (AvgIpc) is 1.81. The number of hydrogen-bond donors (Lipinski definition) is 3. The van der Waals surface area contributed by atoms with Gasteiger partial charge in [0.15, 0.2) is 0 Å². The Balaban J connectivity index is 0. The summed E-state index contributed by atoms with van der Waals surface area (Å²) in [5.74, 6) is 0. The summed E-state index contributed by atoms with van der Waals surface area (Å²) in [7, 11) is 1.93. The van der Waals surface area contributed by atoms with Crippen LogP contribution in [0.5, 0.6) is 0 Å². The average molecular weight is 225 g/mol. The SMILES string of the molecule is CNCCNCCN.[Ag]. The van der Waals surface area contributed by atoms with Crippen LogP contribution < -0.4 is 16.4 Å². The van der Waals surface area contributed by atoms with E-state index in [9.17, 15) is 0 Å². The zero-order chi connectivity index (χ0) is 6.24. The molecule has 4 heteroatoms. The number of rotatable bonds is 5. The predicted octanol–water partition coefficient (Wildman–Crippen LogP) is -1.25. The number of nitrogens with one attached hydrogen (secondary N) is 2. The molecule has 0 rings (SSSR count). The molecule has 0 aliphatic heterocycles. The topological polar surface area (TPSA) is 50.1 Å². The molecule has 0 aromatic rings. The van der Waals surface area contributed by atoms with E-state index in [-0.39, 0.29) is 22.4 Å².